The minimum Gasteiger partial charge on any atom is -0.332 e. The van der Waals surface area contributed by atoms with Gasteiger partial charge in [0.25, 0.3) is 0 Å². The van der Waals surface area contributed by atoms with Gasteiger partial charge in [0.05, 0.1) is 6.04 Å². The van der Waals surface area contributed by atoms with Gasteiger partial charge in [-0.25, -0.2) is 4.39 Å². The van der Waals surface area contributed by atoms with E-state index in [-0.39, 0.29) is 24.3 Å². The van der Waals surface area contributed by atoms with Crippen molar-refractivity contribution in [2.75, 3.05) is 0 Å². The highest BCUT2D eigenvalue weighted by atomic mass is 31.2. The summed E-state index contributed by atoms with van der Waals surface area (Å²) in [4.78, 5) is 32.7. The lowest BCUT2D eigenvalue weighted by Crippen LogP contribution is -2.47. The Kier molecular flexibility index (Phi) is 3.64. The molecule has 0 radical (unpaired) electrons. The smallest absolute Gasteiger partial charge is 0.332 e. The first-order valence-electron chi connectivity index (χ1n) is 7.01. The van der Waals surface area contributed by atoms with Crippen molar-refractivity contribution in [3.63, 3.8) is 0 Å². The fraction of sp³-hybridized carbons (Fsp3) is 0.500. The second-order valence-electron chi connectivity index (χ2n) is 5.73. The summed E-state index contributed by atoms with van der Waals surface area (Å²) >= 11 is 0. The number of carbonyl (C=O) groups excluding carboxylic acids is 1. The molecule has 2 fully saturated rings. The van der Waals surface area contributed by atoms with Gasteiger partial charge in [-0.05, 0) is 43.4 Å². The van der Waals surface area contributed by atoms with Gasteiger partial charge in [-0.2, -0.15) is 0 Å². The van der Waals surface area contributed by atoms with Gasteiger partial charge >= 0.3 is 7.60 Å². The third-order valence-electron chi connectivity index (χ3n) is 4.45. The fourth-order valence-electron chi connectivity index (χ4n) is 3.50. The molecule has 3 rings (SSSR count). The van der Waals surface area contributed by atoms with Crippen molar-refractivity contribution in [2.45, 2.75) is 43.4 Å². The Labute approximate surface area is 121 Å². The Morgan fingerprint density at radius 2 is 1.90 bits per heavy atom. The summed E-state index contributed by atoms with van der Waals surface area (Å²) in [5.74, 6) is -0.863. The van der Waals surface area contributed by atoms with Gasteiger partial charge in [0.1, 0.15) is 11.5 Å². The van der Waals surface area contributed by atoms with Gasteiger partial charge in [-0.1, -0.05) is 12.1 Å². The zero-order valence-corrected chi connectivity index (χ0v) is 12.2. The molecule has 21 heavy (non-hydrogen) atoms. The summed E-state index contributed by atoms with van der Waals surface area (Å²) in [5, 5.41) is 0. The monoisotopic (exact) mass is 313 g/mol. The van der Waals surface area contributed by atoms with Gasteiger partial charge in [0.2, 0.25) is 5.91 Å². The van der Waals surface area contributed by atoms with E-state index in [9.17, 15) is 23.5 Å². The molecule has 2 N–H and O–H groups in total. The van der Waals surface area contributed by atoms with Gasteiger partial charge in [-0.3, -0.25) is 9.36 Å². The van der Waals surface area contributed by atoms with Crippen LogP contribution in [0.1, 0.15) is 37.3 Å². The number of rotatable bonds is 2. The van der Waals surface area contributed by atoms with E-state index >= 15 is 0 Å². The van der Waals surface area contributed by atoms with Crippen molar-refractivity contribution in [1.29, 1.82) is 0 Å². The van der Waals surface area contributed by atoms with Gasteiger partial charge in [0.15, 0.2) is 0 Å². The van der Waals surface area contributed by atoms with Crippen molar-refractivity contribution in [3.8, 4) is 0 Å². The van der Waals surface area contributed by atoms with Crippen LogP contribution in [0.3, 0.4) is 0 Å². The summed E-state index contributed by atoms with van der Waals surface area (Å²) in [5.41, 5.74) is -0.555. The third-order valence-corrected chi connectivity index (χ3v) is 5.75. The first-order valence-corrected chi connectivity index (χ1v) is 8.69. The minimum atomic E-state index is -4.44. The number of piperidine rings is 1. The summed E-state index contributed by atoms with van der Waals surface area (Å²) in [6.07, 6.45) is 2.31. The minimum absolute atomic E-state index is 0.00793. The lowest BCUT2D eigenvalue weighted by Gasteiger charge is -2.38. The molecule has 0 spiro atoms. The highest BCUT2D eigenvalue weighted by molar-refractivity contribution is 7.53. The molecule has 5 nitrogen and oxygen atoms in total. The number of amides is 1. The van der Waals surface area contributed by atoms with Crippen molar-refractivity contribution in [2.24, 2.45) is 0 Å². The van der Waals surface area contributed by atoms with Crippen molar-refractivity contribution in [1.82, 2.24) is 4.90 Å². The lowest BCUT2D eigenvalue weighted by atomic mass is 10.0. The summed E-state index contributed by atoms with van der Waals surface area (Å²) in [6, 6.07) is 5.80. The van der Waals surface area contributed by atoms with E-state index in [0.29, 0.717) is 18.4 Å². The summed E-state index contributed by atoms with van der Waals surface area (Å²) in [7, 11) is -4.44. The maximum absolute atomic E-state index is 13.4. The van der Waals surface area contributed by atoms with E-state index < -0.39 is 19.2 Å². The molecule has 2 heterocycles. The Bertz CT molecular complexity index is 617. The molecule has 0 aliphatic carbocycles. The largest absolute Gasteiger partial charge is 0.337 e. The first-order chi connectivity index (χ1) is 9.88. The van der Waals surface area contributed by atoms with Gasteiger partial charge in [-0.15, -0.1) is 0 Å². The van der Waals surface area contributed by atoms with Crippen LogP contribution >= 0.6 is 7.60 Å². The molecule has 7 heteroatoms. The molecular weight excluding hydrogens is 296 g/mol. The number of hydrogen-bond acceptors (Lipinski definition) is 2. The SMILES string of the molecule is O=C1C(P(=O)(O)O)CC[C@H]2CC[C@@H](c3cccc(F)c3)N12. The molecule has 1 amide bonds. The molecule has 114 valence electrons. The molecule has 2 saturated heterocycles. The third kappa shape index (κ3) is 2.63. The van der Waals surface area contributed by atoms with Crippen LogP contribution in [0.4, 0.5) is 4.39 Å². The van der Waals surface area contributed by atoms with E-state index in [0.717, 1.165) is 6.42 Å². The average Bonchev–Trinajstić information content (AvgIpc) is 2.82. The molecule has 2 aliphatic rings. The Morgan fingerprint density at radius 3 is 2.57 bits per heavy atom. The maximum Gasteiger partial charge on any atom is 0.337 e. The highest BCUT2D eigenvalue weighted by Gasteiger charge is 2.49. The van der Waals surface area contributed by atoms with Crippen LogP contribution in [0.2, 0.25) is 0 Å². The summed E-state index contributed by atoms with van der Waals surface area (Å²) in [6.45, 7) is 0. The van der Waals surface area contributed by atoms with E-state index in [1.165, 1.54) is 12.1 Å². The Balaban J connectivity index is 1.92. The van der Waals surface area contributed by atoms with Crippen molar-refractivity contribution in [3.05, 3.63) is 35.6 Å². The zero-order valence-electron chi connectivity index (χ0n) is 11.4. The molecule has 1 aromatic carbocycles. The number of halogens is 1. The molecule has 1 unspecified atom stereocenters. The molecule has 3 atom stereocenters. The molecular formula is C14H17FNO4P. The number of hydrogen-bond donors (Lipinski definition) is 2. The number of fused-ring (bicyclic) bond motifs is 1. The van der Waals surface area contributed by atoms with Crippen LogP contribution in [0, 0.1) is 5.82 Å². The maximum atomic E-state index is 13.4. The van der Waals surface area contributed by atoms with Crippen LogP contribution < -0.4 is 0 Å². The first kappa shape index (κ1) is 14.7. The quantitative estimate of drug-likeness (QED) is 0.821. The van der Waals surface area contributed by atoms with Crippen LogP contribution in [0.25, 0.3) is 0 Å². The number of benzene rings is 1. The van der Waals surface area contributed by atoms with E-state index in [4.69, 9.17) is 0 Å². The van der Waals surface area contributed by atoms with E-state index in [2.05, 4.69) is 0 Å². The predicted molar refractivity (Wildman–Crippen MR) is 74.1 cm³/mol. The predicted octanol–water partition coefficient (Wildman–Crippen LogP) is 2.20. The van der Waals surface area contributed by atoms with Gasteiger partial charge in [0, 0.05) is 6.04 Å². The van der Waals surface area contributed by atoms with E-state index in [1.807, 2.05) is 0 Å². The van der Waals surface area contributed by atoms with Crippen molar-refractivity contribution >= 4 is 13.5 Å². The van der Waals surface area contributed by atoms with E-state index in [1.54, 1.807) is 17.0 Å². The average molecular weight is 313 g/mol. The van der Waals surface area contributed by atoms with Crippen LogP contribution in [-0.2, 0) is 9.36 Å². The van der Waals surface area contributed by atoms with Crippen LogP contribution in [-0.4, -0.2) is 32.3 Å². The normalized spacial score (nSPS) is 29.6. The second-order valence-corrected chi connectivity index (χ2v) is 7.53. The molecule has 2 aliphatic heterocycles. The standard InChI is InChI=1S/C14H17FNO4P/c15-10-3-1-2-9(8-10)12-6-4-11-5-7-13(21(18,19)20)14(17)16(11)12/h1-3,8,11-13H,4-7H2,(H2,18,19,20)/t11-,12+,13?/m1/s1. The zero-order chi connectivity index (χ0) is 15.2. The van der Waals surface area contributed by atoms with Crippen LogP contribution in [0.15, 0.2) is 24.3 Å². The van der Waals surface area contributed by atoms with Crippen molar-refractivity contribution < 1.29 is 23.5 Å². The van der Waals surface area contributed by atoms with Crippen LogP contribution in [0.5, 0.6) is 0 Å². The lowest BCUT2D eigenvalue weighted by molar-refractivity contribution is -0.136. The number of carbonyl (C=O) groups is 1. The number of nitrogens with zero attached hydrogens (tertiary/aromatic N) is 1. The summed E-state index contributed by atoms with van der Waals surface area (Å²) < 4.78 is 24.8. The molecule has 1 aromatic rings. The Morgan fingerprint density at radius 1 is 1.19 bits per heavy atom. The Hall–Kier alpha value is -1.23. The topological polar surface area (TPSA) is 77.8 Å². The molecule has 0 bridgehead atoms. The fourth-order valence-corrected chi connectivity index (χ4v) is 4.41. The molecule has 0 saturated carbocycles. The second kappa shape index (κ2) is 5.20. The molecule has 0 aromatic heterocycles. The highest BCUT2D eigenvalue weighted by Crippen LogP contribution is 2.51. The van der Waals surface area contributed by atoms with Gasteiger partial charge < -0.3 is 14.7 Å².